The molecule has 0 saturated carbocycles. The van der Waals surface area contributed by atoms with Gasteiger partial charge in [-0.15, -0.1) is 0 Å². The van der Waals surface area contributed by atoms with Gasteiger partial charge in [0, 0.05) is 18.8 Å². The second-order valence-electron chi connectivity index (χ2n) is 3.85. The first-order valence-electron chi connectivity index (χ1n) is 5.08. The highest BCUT2D eigenvalue weighted by atomic mass is 19.4. The van der Waals surface area contributed by atoms with Crippen molar-refractivity contribution in [1.29, 1.82) is 0 Å². The van der Waals surface area contributed by atoms with Gasteiger partial charge in [-0.1, -0.05) is 0 Å². The van der Waals surface area contributed by atoms with Gasteiger partial charge in [0.2, 0.25) is 0 Å². The van der Waals surface area contributed by atoms with E-state index in [2.05, 4.69) is 15.3 Å². The van der Waals surface area contributed by atoms with E-state index in [0.717, 1.165) is 10.6 Å². The quantitative estimate of drug-likeness (QED) is 0.882. The Bertz CT molecular complexity index is 378. The van der Waals surface area contributed by atoms with Gasteiger partial charge in [-0.25, -0.2) is 9.97 Å². The van der Waals surface area contributed by atoms with E-state index in [1.54, 1.807) is 20.0 Å². The lowest BCUT2D eigenvalue weighted by molar-refractivity contribution is -0.144. The summed E-state index contributed by atoms with van der Waals surface area (Å²) in [5.41, 5.74) is 0.722. The third-order valence-corrected chi connectivity index (χ3v) is 2.02. The molecule has 0 aliphatic rings. The fourth-order valence-electron chi connectivity index (χ4n) is 1.43. The van der Waals surface area contributed by atoms with Crippen LogP contribution < -0.4 is 5.32 Å². The Kier molecular flexibility index (Phi) is 4.28. The van der Waals surface area contributed by atoms with E-state index in [-0.39, 0.29) is 6.54 Å². The normalized spacial score (nSPS) is 11.9. The van der Waals surface area contributed by atoms with Gasteiger partial charge in [0.15, 0.2) is 0 Å². The molecule has 1 N–H and O–H groups in total. The largest absolute Gasteiger partial charge is 0.401 e. The lowest BCUT2D eigenvalue weighted by Crippen LogP contribution is -2.31. The molecule has 1 aromatic heterocycles. The van der Waals surface area contributed by atoms with Crippen molar-refractivity contribution in [3.63, 3.8) is 0 Å². The zero-order chi connectivity index (χ0) is 13.1. The Hall–Kier alpha value is -1.37. The van der Waals surface area contributed by atoms with E-state index in [4.69, 9.17) is 0 Å². The summed E-state index contributed by atoms with van der Waals surface area (Å²) in [5, 5.41) is 2.84. The van der Waals surface area contributed by atoms with E-state index in [1.165, 1.54) is 7.05 Å². The van der Waals surface area contributed by atoms with Crippen molar-refractivity contribution >= 4 is 5.82 Å². The molecule has 1 heterocycles. The zero-order valence-corrected chi connectivity index (χ0v) is 9.97. The number of alkyl halides is 3. The summed E-state index contributed by atoms with van der Waals surface area (Å²) >= 11 is 0. The van der Waals surface area contributed by atoms with Crippen LogP contribution in [0.25, 0.3) is 0 Å². The number of rotatable bonds is 4. The Morgan fingerprint density at radius 2 is 2.00 bits per heavy atom. The summed E-state index contributed by atoms with van der Waals surface area (Å²) in [6, 6.07) is 1.73. The Balaban J connectivity index is 2.71. The maximum Gasteiger partial charge on any atom is 0.401 e. The van der Waals surface area contributed by atoms with Gasteiger partial charge in [-0.3, -0.25) is 4.90 Å². The van der Waals surface area contributed by atoms with Crippen molar-refractivity contribution in [3.05, 3.63) is 17.6 Å². The van der Waals surface area contributed by atoms with Gasteiger partial charge >= 0.3 is 6.18 Å². The van der Waals surface area contributed by atoms with Gasteiger partial charge in [0.25, 0.3) is 0 Å². The minimum atomic E-state index is -4.20. The predicted molar refractivity (Wildman–Crippen MR) is 58.7 cm³/mol. The van der Waals surface area contributed by atoms with Crippen LogP contribution in [0.1, 0.15) is 11.5 Å². The van der Waals surface area contributed by atoms with Crippen molar-refractivity contribution in [1.82, 2.24) is 14.9 Å². The first kappa shape index (κ1) is 13.7. The molecule has 0 unspecified atom stereocenters. The maximum atomic E-state index is 12.1. The minimum absolute atomic E-state index is 0.0653. The van der Waals surface area contributed by atoms with Gasteiger partial charge < -0.3 is 5.32 Å². The van der Waals surface area contributed by atoms with Gasteiger partial charge in [0.1, 0.15) is 11.6 Å². The molecule has 0 fully saturated rings. The monoisotopic (exact) mass is 248 g/mol. The highest BCUT2D eigenvalue weighted by Gasteiger charge is 2.29. The van der Waals surface area contributed by atoms with Crippen molar-refractivity contribution in [2.45, 2.75) is 19.6 Å². The summed E-state index contributed by atoms with van der Waals surface area (Å²) in [4.78, 5) is 9.32. The Morgan fingerprint density at radius 3 is 2.53 bits per heavy atom. The van der Waals surface area contributed by atoms with Gasteiger partial charge in [0.05, 0.1) is 13.1 Å². The van der Waals surface area contributed by atoms with Crippen LogP contribution in [0.2, 0.25) is 0 Å². The zero-order valence-electron chi connectivity index (χ0n) is 9.97. The molecule has 0 bridgehead atoms. The van der Waals surface area contributed by atoms with Crippen molar-refractivity contribution < 1.29 is 13.2 Å². The van der Waals surface area contributed by atoms with Crippen LogP contribution in [0.4, 0.5) is 19.0 Å². The van der Waals surface area contributed by atoms with Crippen LogP contribution in [0.5, 0.6) is 0 Å². The molecule has 1 rings (SSSR count). The van der Waals surface area contributed by atoms with Crippen molar-refractivity contribution in [2.75, 3.05) is 26.0 Å². The molecule has 7 heteroatoms. The SMILES string of the molecule is CNc1cc(C)nc(CN(C)CC(F)(F)F)n1. The van der Waals surface area contributed by atoms with Crippen LogP contribution in [-0.2, 0) is 6.54 Å². The van der Waals surface area contributed by atoms with E-state index < -0.39 is 12.7 Å². The number of nitrogens with zero attached hydrogens (tertiary/aromatic N) is 3. The molecular weight excluding hydrogens is 233 g/mol. The van der Waals surface area contributed by atoms with Crippen LogP contribution in [0.15, 0.2) is 6.07 Å². The first-order chi connectivity index (χ1) is 7.80. The average Bonchev–Trinajstić information content (AvgIpc) is 2.13. The molecule has 0 amide bonds. The maximum absolute atomic E-state index is 12.1. The summed E-state index contributed by atoms with van der Waals surface area (Å²) in [5.74, 6) is 0.981. The van der Waals surface area contributed by atoms with Crippen molar-refractivity contribution in [3.8, 4) is 0 Å². The lowest BCUT2D eigenvalue weighted by atomic mass is 10.4. The van der Waals surface area contributed by atoms with E-state index in [1.807, 2.05) is 0 Å². The number of aryl methyl sites for hydroxylation is 1. The molecule has 0 aliphatic carbocycles. The van der Waals surface area contributed by atoms with Gasteiger partial charge in [-0.05, 0) is 14.0 Å². The molecule has 0 radical (unpaired) electrons. The molecule has 0 aliphatic heterocycles. The standard InChI is InChI=1S/C10H15F3N4/c1-7-4-8(14-2)16-9(15-7)5-17(3)6-10(11,12)13/h4H,5-6H2,1-3H3,(H,14,15,16). The molecular formula is C10H15F3N4. The number of halogens is 3. The van der Waals surface area contributed by atoms with E-state index in [0.29, 0.717) is 11.6 Å². The van der Waals surface area contributed by atoms with Crippen LogP contribution in [0, 0.1) is 6.92 Å². The molecule has 1 aromatic rings. The van der Waals surface area contributed by atoms with E-state index >= 15 is 0 Å². The minimum Gasteiger partial charge on any atom is -0.373 e. The highest BCUT2D eigenvalue weighted by molar-refractivity contribution is 5.34. The molecule has 0 atom stereocenters. The number of hydrogen-bond acceptors (Lipinski definition) is 4. The second-order valence-corrected chi connectivity index (χ2v) is 3.85. The first-order valence-corrected chi connectivity index (χ1v) is 5.08. The fraction of sp³-hybridized carbons (Fsp3) is 0.600. The topological polar surface area (TPSA) is 41.1 Å². The number of nitrogens with one attached hydrogen (secondary N) is 1. The van der Waals surface area contributed by atoms with Crippen LogP contribution in [0.3, 0.4) is 0 Å². The Morgan fingerprint density at radius 1 is 1.35 bits per heavy atom. The fourth-order valence-corrected chi connectivity index (χ4v) is 1.43. The number of anilines is 1. The third kappa shape index (κ3) is 4.99. The molecule has 0 aromatic carbocycles. The molecule has 0 spiro atoms. The summed E-state index contributed by atoms with van der Waals surface area (Å²) in [7, 11) is 3.09. The van der Waals surface area contributed by atoms with Crippen LogP contribution in [-0.4, -0.2) is 41.7 Å². The molecule has 96 valence electrons. The molecule has 0 saturated heterocycles. The number of aromatic nitrogens is 2. The van der Waals surface area contributed by atoms with Gasteiger partial charge in [-0.2, -0.15) is 13.2 Å². The predicted octanol–water partition coefficient (Wildman–Crippen LogP) is 1.82. The number of hydrogen-bond donors (Lipinski definition) is 1. The molecule has 17 heavy (non-hydrogen) atoms. The smallest absolute Gasteiger partial charge is 0.373 e. The van der Waals surface area contributed by atoms with Crippen LogP contribution >= 0.6 is 0 Å². The molecule has 4 nitrogen and oxygen atoms in total. The highest BCUT2D eigenvalue weighted by Crippen LogP contribution is 2.16. The third-order valence-electron chi connectivity index (χ3n) is 2.02. The summed E-state index contributed by atoms with van der Waals surface area (Å²) in [6.07, 6.45) is -4.20. The lowest BCUT2D eigenvalue weighted by Gasteiger charge is -2.17. The average molecular weight is 248 g/mol. The summed E-state index contributed by atoms with van der Waals surface area (Å²) in [6.45, 7) is 0.866. The van der Waals surface area contributed by atoms with E-state index in [9.17, 15) is 13.2 Å². The second kappa shape index (κ2) is 5.31. The summed E-state index contributed by atoms with van der Waals surface area (Å²) < 4.78 is 36.4. The van der Waals surface area contributed by atoms with Crippen molar-refractivity contribution in [2.24, 2.45) is 0 Å². The Labute approximate surface area is 97.9 Å².